The molecule has 7 heteroatoms. The number of hydrogen-bond donors (Lipinski definition) is 1. The molecule has 1 heterocycles. The van der Waals surface area contributed by atoms with Gasteiger partial charge in [-0.1, -0.05) is 11.6 Å². The number of carbonyl (C=O) groups is 1. The Hall–Kier alpha value is -1.17. The molecule has 1 aromatic heterocycles. The first-order valence-corrected chi connectivity index (χ1v) is 3.83. The van der Waals surface area contributed by atoms with Gasteiger partial charge in [-0.15, -0.1) is 0 Å². The van der Waals surface area contributed by atoms with Gasteiger partial charge in [0.1, 0.15) is 12.2 Å². The SMILES string of the molecule is O=C(O)c1cc(Cl)cn1CC(F)(F)F. The molecule has 0 spiro atoms. The second-order valence-corrected chi connectivity index (χ2v) is 3.03. The van der Waals surface area contributed by atoms with E-state index in [1.54, 1.807) is 0 Å². The van der Waals surface area contributed by atoms with Crippen molar-refractivity contribution in [3.63, 3.8) is 0 Å². The Morgan fingerprint density at radius 2 is 2.14 bits per heavy atom. The average Bonchev–Trinajstić information content (AvgIpc) is 2.27. The Bertz CT molecular complexity index is 358. The average molecular weight is 228 g/mol. The fraction of sp³-hybridized carbons (Fsp3) is 0.286. The molecule has 78 valence electrons. The first-order valence-electron chi connectivity index (χ1n) is 3.45. The minimum absolute atomic E-state index is 0.0355. The van der Waals surface area contributed by atoms with Gasteiger partial charge >= 0.3 is 12.1 Å². The van der Waals surface area contributed by atoms with Crippen LogP contribution in [-0.4, -0.2) is 21.8 Å². The molecule has 0 saturated heterocycles. The monoisotopic (exact) mass is 227 g/mol. The summed E-state index contributed by atoms with van der Waals surface area (Å²) in [6.07, 6.45) is -3.54. The number of hydrogen-bond acceptors (Lipinski definition) is 1. The predicted molar refractivity (Wildman–Crippen MR) is 42.5 cm³/mol. The molecule has 0 amide bonds. The van der Waals surface area contributed by atoms with Crippen LogP contribution < -0.4 is 0 Å². The maximum absolute atomic E-state index is 11.9. The third kappa shape index (κ3) is 2.66. The van der Waals surface area contributed by atoms with Crippen LogP contribution >= 0.6 is 11.6 Å². The number of rotatable bonds is 2. The van der Waals surface area contributed by atoms with E-state index in [9.17, 15) is 18.0 Å². The Balaban J connectivity index is 3.02. The lowest BCUT2D eigenvalue weighted by molar-refractivity contribution is -0.140. The van der Waals surface area contributed by atoms with E-state index in [-0.39, 0.29) is 5.02 Å². The van der Waals surface area contributed by atoms with Crippen LogP contribution in [-0.2, 0) is 6.54 Å². The normalized spacial score (nSPS) is 11.7. The van der Waals surface area contributed by atoms with Gasteiger partial charge in [-0.25, -0.2) is 4.79 Å². The van der Waals surface area contributed by atoms with Gasteiger partial charge in [-0.05, 0) is 6.07 Å². The number of halogens is 4. The lowest BCUT2D eigenvalue weighted by atomic mass is 10.4. The van der Waals surface area contributed by atoms with E-state index in [1.165, 1.54) is 0 Å². The predicted octanol–water partition coefficient (Wildman–Crippen LogP) is 2.40. The summed E-state index contributed by atoms with van der Waals surface area (Å²) >= 11 is 5.39. The topological polar surface area (TPSA) is 42.2 Å². The summed E-state index contributed by atoms with van der Waals surface area (Å²) in [7, 11) is 0. The van der Waals surface area contributed by atoms with Crippen LogP contribution in [0.2, 0.25) is 5.02 Å². The molecule has 3 nitrogen and oxygen atoms in total. The Morgan fingerprint density at radius 1 is 1.57 bits per heavy atom. The fourth-order valence-corrected chi connectivity index (χ4v) is 1.20. The summed E-state index contributed by atoms with van der Waals surface area (Å²) in [5.74, 6) is -1.44. The van der Waals surface area contributed by atoms with Gasteiger partial charge < -0.3 is 9.67 Å². The minimum Gasteiger partial charge on any atom is -0.477 e. The molecule has 0 saturated carbocycles. The van der Waals surface area contributed by atoms with Crippen molar-refractivity contribution in [3.05, 3.63) is 23.0 Å². The zero-order valence-electron chi connectivity index (χ0n) is 6.68. The minimum atomic E-state index is -4.47. The molecule has 14 heavy (non-hydrogen) atoms. The van der Waals surface area contributed by atoms with Crippen LogP contribution in [0.4, 0.5) is 13.2 Å². The number of alkyl halides is 3. The highest BCUT2D eigenvalue weighted by molar-refractivity contribution is 6.30. The van der Waals surface area contributed by atoms with Crippen molar-refractivity contribution in [1.29, 1.82) is 0 Å². The van der Waals surface area contributed by atoms with Gasteiger partial charge in [0.05, 0.1) is 5.02 Å². The summed E-state index contributed by atoms with van der Waals surface area (Å²) in [5, 5.41) is 8.49. The fourth-order valence-electron chi connectivity index (χ4n) is 0.978. The van der Waals surface area contributed by atoms with Crippen LogP contribution in [0.5, 0.6) is 0 Å². The molecule has 1 rings (SSSR count). The lowest BCUT2D eigenvalue weighted by Gasteiger charge is -2.08. The van der Waals surface area contributed by atoms with E-state index in [0.717, 1.165) is 12.3 Å². The smallest absolute Gasteiger partial charge is 0.406 e. The number of nitrogens with zero attached hydrogens (tertiary/aromatic N) is 1. The van der Waals surface area contributed by atoms with E-state index in [1.807, 2.05) is 0 Å². The third-order valence-electron chi connectivity index (χ3n) is 1.43. The molecule has 0 aliphatic rings. The van der Waals surface area contributed by atoms with E-state index in [0.29, 0.717) is 4.57 Å². The van der Waals surface area contributed by atoms with Crippen LogP contribution in [0.1, 0.15) is 10.5 Å². The molecule has 0 atom stereocenters. The van der Waals surface area contributed by atoms with Crippen molar-refractivity contribution in [2.24, 2.45) is 0 Å². The highest BCUT2D eigenvalue weighted by atomic mass is 35.5. The summed E-state index contributed by atoms with van der Waals surface area (Å²) in [4.78, 5) is 10.5. The van der Waals surface area contributed by atoms with Crippen LogP contribution in [0, 0.1) is 0 Å². The molecule has 0 unspecified atom stereocenters. The number of aromatic nitrogens is 1. The summed E-state index contributed by atoms with van der Waals surface area (Å²) in [6, 6.07) is 0.968. The molecule has 0 radical (unpaired) electrons. The van der Waals surface area contributed by atoms with Crippen LogP contribution in [0.3, 0.4) is 0 Å². The summed E-state index contributed by atoms with van der Waals surface area (Å²) < 4.78 is 36.4. The summed E-state index contributed by atoms with van der Waals surface area (Å²) in [5.41, 5.74) is -0.479. The van der Waals surface area contributed by atoms with Crippen molar-refractivity contribution < 1.29 is 23.1 Å². The van der Waals surface area contributed by atoms with Crippen LogP contribution in [0.15, 0.2) is 12.3 Å². The largest absolute Gasteiger partial charge is 0.477 e. The highest BCUT2D eigenvalue weighted by Crippen LogP contribution is 2.22. The quantitative estimate of drug-likeness (QED) is 0.843. The maximum Gasteiger partial charge on any atom is 0.406 e. The van der Waals surface area contributed by atoms with Crippen LogP contribution in [0.25, 0.3) is 0 Å². The lowest BCUT2D eigenvalue weighted by Crippen LogP contribution is -2.20. The van der Waals surface area contributed by atoms with Gasteiger partial charge in [0.25, 0.3) is 0 Å². The number of carboxylic acid groups (broad SMARTS) is 1. The number of aromatic carboxylic acids is 1. The van der Waals surface area contributed by atoms with Gasteiger partial charge in [-0.2, -0.15) is 13.2 Å². The molecule has 0 aliphatic heterocycles. The zero-order valence-corrected chi connectivity index (χ0v) is 7.43. The second kappa shape index (κ2) is 3.53. The van der Waals surface area contributed by atoms with Crippen molar-refractivity contribution in [2.75, 3.05) is 0 Å². The van der Waals surface area contributed by atoms with E-state index in [2.05, 4.69) is 0 Å². The Morgan fingerprint density at radius 3 is 2.57 bits per heavy atom. The van der Waals surface area contributed by atoms with E-state index in [4.69, 9.17) is 16.7 Å². The van der Waals surface area contributed by atoms with Gasteiger partial charge in [-0.3, -0.25) is 0 Å². The third-order valence-corrected chi connectivity index (χ3v) is 1.64. The maximum atomic E-state index is 11.9. The van der Waals surface area contributed by atoms with Gasteiger partial charge in [0.15, 0.2) is 0 Å². The van der Waals surface area contributed by atoms with Gasteiger partial charge in [0.2, 0.25) is 0 Å². The van der Waals surface area contributed by atoms with Gasteiger partial charge in [0, 0.05) is 6.20 Å². The van der Waals surface area contributed by atoms with E-state index >= 15 is 0 Å². The molecule has 0 fully saturated rings. The van der Waals surface area contributed by atoms with E-state index < -0.39 is 24.4 Å². The highest BCUT2D eigenvalue weighted by Gasteiger charge is 2.29. The molecule has 0 bridgehead atoms. The van der Waals surface area contributed by atoms with Crippen molar-refractivity contribution in [3.8, 4) is 0 Å². The Kier molecular flexibility index (Phi) is 2.75. The molecule has 1 N–H and O–H groups in total. The molecule has 0 aliphatic carbocycles. The standard InChI is InChI=1S/C7H5ClF3NO2/c8-4-1-5(6(13)14)12(2-4)3-7(9,10)11/h1-2H,3H2,(H,13,14). The zero-order chi connectivity index (χ0) is 10.9. The molecule has 0 aromatic carbocycles. The van der Waals surface area contributed by atoms with Crippen molar-refractivity contribution in [2.45, 2.75) is 12.7 Å². The number of carboxylic acids is 1. The molecular weight excluding hydrogens is 223 g/mol. The van der Waals surface area contributed by atoms with Crippen molar-refractivity contribution in [1.82, 2.24) is 4.57 Å². The first-order chi connectivity index (χ1) is 6.29. The molecular formula is C7H5ClF3NO2. The summed E-state index contributed by atoms with van der Waals surface area (Å²) in [6.45, 7) is -1.36. The van der Waals surface area contributed by atoms with Crippen molar-refractivity contribution >= 4 is 17.6 Å². The first kappa shape index (κ1) is 10.9. The molecule has 1 aromatic rings. The Labute approximate surface area is 81.7 Å². The second-order valence-electron chi connectivity index (χ2n) is 2.59.